The predicted octanol–water partition coefficient (Wildman–Crippen LogP) is 0.497. The summed E-state index contributed by atoms with van der Waals surface area (Å²) in [5.74, 6) is 0. The number of hydrogen-bond donors (Lipinski definition) is 3. The average molecular weight is 293 g/mol. The minimum absolute atomic E-state index is 0.301. The van der Waals surface area contributed by atoms with Gasteiger partial charge in [0.2, 0.25) is 0 Å². The van der Waals surface area contributed by atoms with Gasteiger partial charge in [-0.15, -0.1) is 0 Å². The third kappa shape index (κ3) is 7.84. The molecule has 114 valence electrons. The molecule has 0 radical (unpaired) electrons. The van der Waals surface area contributed by atoms with Gasteiger partial charge in [0, 0.05) is 25.7 Å². The lowest BCUT2D eigenvalue weighted by molar-refractivity contribution is 0.0245. The van der Waals surface area contributed by atoms with Crippen LogP contribution in [0.4, 0.5) is 0 Å². The number of hydrogen-bond acceptors (Lipinski definition) is 4. The van der Waals surface area contributed by atoms with E-state index in [2.05, 4.69) is 9.44 Å². The highest BCUT2D eigenvalue weighted by Gasteiger charge is 2.18. The molecule has 1 rings (SSSR count). The molecule has 0 amide bonds. The third-order valence-corrected chi connectivity index (χ3v) is 4.40. The molecule has 0 heterocycles. The van der Waals surface area contributed by atoms with Gasteiger partial charge in [-0.25, -0.2) is 9.44 Å². The van der Waals surface area contributed by atoms with Crippen molar-refractivity contribution in [1.82, 2.24) is 9.44 Å². The van der Waals surface area contributed by atoms with Crippen molar-refractivity contribution in [2.24, 2.45) is 5.73 Å². The zero-order chi connectivity index (χ0) is 14.1. The summed E-state index contributed by atoms with van der Waals surface area (Å²) in [6.45, 7) is 3.39. The van der Waals surface area contributed by atoms with Crippen molar-refractivity contribution in [2.45, 2.75) is 57.6 Å². The molecule has 6 nitrogen and oxygen atoms in total. The van der Waals surface area contributed by atoms with Gasteiger partial charge in [-0.1, -0.05) is 6.92 Å². The summed E-state index contributed by atoms with van der Waals surface area (Å²) < 4.78 is 33.5. The molecule has 0 unspecified atom stereocenters. The van der Waals surface area contributed by atoms with Crippen LogP contribution >= 0.6 is 0 Å². The molecule has 1 fully saturated rings. The summed E-state index contributed by atoms with van der Waals surface area (Å²) in [6.07, 6.45) is 5.87. The van der Waals surface area contributed by atoms with Crippen LogP contribution in [-0.4, -0.2) is 40.3 Å². The Morgan fingerprint density at radius 3 is 2.42 bits per heavy atom. The zero-order valence-corrected chi connectivity index (χ0v) is 12.5. The van der Waals surface area contributed by atoms with Gasteiger partial charge >= 0.3 is 0 Å². The summed E-state index contributed by atoms with van der Waals surface area (Å²) in [4.78, 5) is 0. The van der Waals surface area contributed by atoms with Crippen molar-refractivity contribution in [3.63, 3.8) is 0 Å². The standard InChI is InChI=1S/C12H27N3O3S/c1-2-8-14-19(16,17)15-9-3-10-18-12-6-4-11(13)5-7-12/h11-12,14-15H,2-10,13H2,1H3. The topological polar surface area (TPSA) is 93.5 Å². The summed E-state index contributed by atoms with van der Waals surface area (Å²) >= 11 is 0. The van der Waals surface area contributed by atoms with Crippen molar-refractivity contribution in [1.29, 1.82) is 0 Å². The van der Waals surface area contributed by atoms with E-state index in [9.17, 15) is 8.42 Å². The quantitative estimate of drug-likeness (QED) is 0.540. The van der Waals surface area contributed by atoms with Gasteiger partial charge in [0.1, 0.15) is 0 Å². The van der Waals surface area contributed by atoms with E-state index in [-0.39, 0.29) is 0 Å². The number of nitrogens with one attached hydrogen (secondary N) is 2. The van der Waals surface area contributed by atoms with Gasteiger partial charge in [-0.2, -0.15) is 8.42 Å². The predicted molar refractivity (Wildman–Crippen MR) is 76.0 cm³/mol. The fourth-order valence-corrected chi connectivity index (χ4v) is 3.06. The van der Waals surface area contributed by atoms with Crippen LogP contribution in [0.25, 0.3) is 0 Å². The maximum atomic E-state index is 11.4. The molecule has 19 heavy (non-hydrogen) atoms. The first-order valence-electron chi connectivity index (χ1n) is 7.15. The first kappa shape index (κ1) is 16.8. The Labute approximate surface area is 116 Å². The normalized spacial score (nSPS) is 24.5. The van der Waals surface area contributed by atoms with Crippen LogP contribution in [0.5, 0.6) is 0 Å². The molecule has 0 spiro atoms. The van der Waals surface area contributed by atoms with Gasteiger partial charge in [-0.3, -0.25) is 0 Å². The second-order valence-electron chi connectivity index (χ2n) is 5.05. The Hall–Kier alpha value is -0.210. The highest BCUT2D eigenvalue weighted by atomic mass is 32.2. The van der Waals surface area contributed by atoms with Gasteiger partial charge < -0.3 is 10.5 Å². The lowest BCUT2D eigenvalue weighted by Gasteiger charge is -2.26. The molecule has 1 aliphatic carbocycles. The summed E-state index contributed by atoms with van der Waals surface area (Å²) in [5, 5.41) is 0. The molecular weight excluding hydrogens is 266 g/mol. The minimum Gasteiger partial charge on any atom is -0.378 e. The summed E-state index contributed by atoms with van der Waals surface area (Å²) in [5.41, 5.74) is 5.82. The summed E-state index contributed by atoms with van der Waals surface area (Å²) in [6, 6.07) is 0.330. The number of ether oxygens (including phenoxy) is 1. The number of rotatable bonds is 9. The zero-order valence-electron chi connectivity index (χ0n) is 11.7. The Kier molecular flexibility index (Phi) is 7.86. The third-order valence-electron chi connectivity index (χ3n) is 3.23. The second kappa shape index (κ2) is 8.86. The van der Waals surface area contributed by atoms with Crippen LogP contribution in [0.3, 0.4) is 0 Å². The first-order chi connectivity index (χ1) is 9.03. The number of nitrogens with two attached hydrogens (primary N) is 1. The molecule has 0 aromatic heterocycles. The van der Waals surface area contributed by atoms with Crippen LogP contribution in [0.1, 0.15) is 45.4 Å². The maximum absolute atomic E-state index is 11.4. The monoisotopic (exact) mass is 293 g/mol. The van der Waals surface area contributed by atoms with Crippen molar-refractivity contribution in [3.05, 3.63) is 0 Å². The van der Waals surface area contributed by atoms with E-state index in [4.69, 9.17) is 10.5 Å². The Bertz CT molecular complexity index is 327. The fraction of sp³-hybridized carbons (Fsp3) is 1.00. The second-order valence-corrected chi connectivity index (χ2v) is 6.64. The van der Waals surface area contributed by atoms with Crippen LogP contribution in [0.15, 0.2) is 0 Å². The lowest BCUT2D eigenvalue weighted by atomic mass is 9.94. The Morgan fingerprint density at radius 2 is 1.79 bits per heavy atom. The fourth-order valence-electron chi connectivity index (χ4n) is 2.07. The molecular formula is C12H27N3O3S. The van der Waals surface area contributed by atoms with Gasteiger partial charge in [0.25, 0.3) is 10.2 Å². The van der Waals surface area contributed by atoms with Crippen molar-refractivity contribution < 1.29 is 13.2 Å². The Morgan fingerprint density at radius 1 is 1.16 bits per heavy atom. The van der Waals surface area contributed by atoms with E-state index in [1.807, 2.05) is 6.92 Å². The summed E-state index contributed by atoms with van der Waals surface area (Å²) in [7, 11) is -3.33. The average Bonchev–Trinajstić information content (AvgIpc) is 2.38. The van der Waals surface area contributed by atoms with E-state index in [1.165, 1.54) is 0 Å². The van der Waals surface area contributed by atoms with Crippen LogP contribution in [0.2, 0.25) is 0 Å². The largest absolute Gasteiger partial charge is 0.378 e. The molecule has 1 saturated carbocycles. The van der Waals surface area contributed by atoms with E-state index in [0.717, 1.165) is 32.1 Å². The first-order valence-corrected chi connectivity index (χ1v) is 8.63. The smallest absolute Gasteiger partial charge is 0.276 e. The molecule has 0 saturated heterocycles. The van der Waals surface area contributed by atoms with Crippen molar-refractivity contribution >= 4 is 10.2 Å². The van der Waals surface area contributed by atoms with Gasteiger partial charge in [0.15, 0.2) is 0 Å². The van der Waals surface area contributed by atoms with E-state index < -0.39 is 10.2 Å². The highest BCUT2D eigenvalue weighted by Crippen LogP contribution is 2.19. The maximum Gasteiger partial charge on any atom is 0.276 e. The van der Waals surface area contributed by atoms with Gasteiger partial charge in [-0.05, 0) is 38.5 Å². The molecule has 0 aromatic rings. The molecule has 0 bridgehead atoms. The molecule has 0 atom stereocenters. The molecule has 0 aromatic carbocycles. The van der Waals surface area contributed by atoms with E-state index in [1.54, 1.807) is 0 Å². The molecule has 4 N–H and O–H groups in total. The Balaban J connectivity index is 2.02. The van der Waals surface area contributed by atoms with E-state index >= 15 is 0 Å². The van der Waals surface area contributed by atoms with E-state index in [0.29, 0.717) is 38.3 Å². The van der Waals surface area contributed by atoms with Crippen LogP contribution in [0, 0.1) is 0 Å². The van der Waals surface area contributed by atoms with Gasteiger partial charge in [0.05, 0.1) is 6.10 Å². The van der Waals surface area contributed by atoms with Crippen molar-refractivity contribution in [3.8, 4) is 0 Å². The van der Waals surface area contributed by atoms with Crippen LogP contribution < -0.4 is 15.2 Å². The molecule has 7 heteroatoms. The molecule has 0 aliphatic heterocycles. The molecule has 1 aliphatic rings. The van der Waals surface area contributed by atoms with Crippen LogP contribution in [-0.2, 0) is 14.9 Å². The SMILES string of the molecule is CCCNS(=O)(=O)NCCCOC1CCC(N)CC1. The highest BCUT2D eigenvalue weighted by molar-refractivity contribution is 7.87. The lowest BCUT2D eigenvalue weighted by Crippen LogP contribution is -2.37. The van der Waals surface area contributed by atoms with Crippen molar-refractivity contribution in [2.75, 3.05) is 19.7 Å². The minimum atomic E-state index is -3.33.